The van der Waals surface area contributed by atoms with E-state index in [0.717, 1.165) is 6.07 Å². The Bertz CT molecular complexity index is 592. The summed E-state index contributed by atoms with van der Waals surface area (Å²) in [6.07, 6.45) is 1.19. The van der Waals surface area contributed by atoms with E-state index in [1.807, 2.05) is 6.92 Å². The van der Waals surface area contributed by atoms with Gasteiger partial charge in [-0.25, -0.2) is 8.78 Å². The zero-order chi connectivity index (χ0) is 13.3. The van der Waals surface area contributed by atoms with Crippen LogP contribution in [0.2, 0.25) is 0 Å². The Morgan fingerprint density at radius 3 is 2.89 bits per heavy atom. The van der Waals surface area contributed by atoms with Gasteiger partial charge >= 0.3 is 0 Å². The van der Waals surface area contributed by atoms with Gasteiger partial charge in [-0.1, -0.05) is 6.92 Å². The molecule has 0 saturated carbocycles. The summed E-state index contributed by atoms with van der Waals surface area (Å²) >= 11 is 0. The average Bonchev–Trinajstić information content (AvgIpc) is 2.83. The maximum Gasteiger partial charge on any atom is 0.182 e. The molecular weight excluding hydrogens is 240 g/mol. The highest BCUT2D eigenvalue weighted by molar-refractivity contribution is 6.02. The van der Waals surface area contributed by atoms with Crippen LogP contribution in [0.15, 0.2) is 22.8 Å². The molecule has 0 fully saturated rings. The molecule has 2 aromatic rings. The standard InChI is InChI=1S/C13H13F2NO2/c1-3-16-7(2)12(17)9-6-10(14)13-8(11(9)15)4-5-18-13/h4-7,16H,3H2,1-2H3. The zero-order valence-electron chi connectivity index (χ0n) is 10.1. The number of furan rings is 1. The molecule has 0 spiro atoms. The fraction of sp³-hybridized carbons (Fsp3) is 0.308. The first kappa shape index (κ1) is 12.7. The maximum atomic E-state index is 14.1. The molecule has 0 amide bonds. The van der Waals surface area contributed by atoms with Crippen LogP contribution < -0.4 is 5.32 Å². The largest absolute Gasteiger partial charge is 0.461 e. The average molecular weight is 253 g/mol. The van der Waals surface area contributed by atoms with Crippen molar-refractivity contribution in [1.82, 2.24) is 5.32 Å². The molecule has 0 aliphatic heterocycles. The Hall–Kier alpha value is -1.75. The lowest BCUT2D eigenvalue weighted by molar-refractivity contribution is 0.0948. The topological polar surface area (TPSA) is 42.2 Å². The molecule has 96 valence electrons. The number of Topliss-reactive ketones (excluding diaryl/α,β-unsaturated/α-hetero) is 1. The van der Waals surface area contributed by atoms with Gasteiger partial charge in [0, 0.05) is 0 Å². The van der Waals surface area contributed by atoms with Crippen LogP contribution in [-0.2, 0) is 0 Å². The molecule has 0 radical (unpaired) electrons. The van der Waals surface area contributed by atoms with E-state index in [0.29, 0.717) is 6.54 Å². The van der Waals surface area contributed by atoms with E-state index in [1.54, 1.807) is 6.92 Å². The Labute approximate surface area is 103 Å². The van der Waals surface area contributed by atoms with Crippen molar-refractivity contribution >= 4 is 16.8 Å². The zero-order valence-corrected chi connectivity index (χ0v) is 10.1. The highest BCUT2D eigenvalue weighted by atomic mass is 19.1. The molecule has 0 bridgehead atoms. The number of hydrogen-bond donors (Lipinski definition) is 1. The Morgan fingerprint density at radius 1 is 1.50 bits per heavy atom. The summed E-state index contributed by atoms with van der Waals surface area (Å²) in [5.41, 5.74) is -0.421. The molecule has 3 nitrogen and oxygen atoms in total. The van der Waals surface area contributed by atoms with Gasteiger partial charge in [-0.15, -0.1) is 0 Å². The molecule has 5 heteroatoms. The molecule has 0 aliphatic carbocycles. The van der Waals surface area contributed by atoms with Crippen molar-refractivity contribution in [2.45, 2.75) is 19.9 Å². The van der Waals surface area contributed by atoms with Crippen molar-refractivity contribution in [1.29, 1.82) is 0 Å². The van der Waals surface area contributed by atoms with E-state index in [2.05, 4.69) is 5.32 Å². The van der Waals surface area contributed by atoms with E-state index in [-0.39, 0.29) is 16.5 Å². The summed E-state index contributed by atoms with van der Waals surface area (Å²) in [6, 6.07) is 1.63. The second-order valence-electron chi connectivity index (χ2n) is 4.03. The number of fused-ring (bicyclic) bond motifs is 1. The van der Waals surface area contributed by atoms with Crippen LogP contribution in [0, 0.1) is 11.6 Å². The number of carbonyl (C=O) groups excluding carboxylic acids is 1. The van der Waals surface area contributed by atoms with Gasteiger partial charge in [-0.3, -0.25) is 4.79 Å². The molecular formula is C13H13F2NO2. The van der Waals surface area contributed by atoms with Gasteiger partial charge in [-0.05, 0) is 25.6 Å². The molecule has 1 N–H and O–H groups in total. The minimum absolute atomic E-state index is 0.0120. The van der Waals surface area contributed by atoms with Crippen LogP contribution in [0.1, 0.15) is 24.2 Å². The van der Waals surface area contributed by atoms with Crippen LogP contribution in [0.3, 0.4) is 0 Å². The van der Waals surface area contributed by atoms with Crippen molar-refractivity contribution in [3.63, 3.8) is 0 Å². The predicted octanol–water partition coefficient (Wildman–Crippen LogP) is 2.89. The molecule has 1 aromatic heterocycles. The summed E-state index contributed by atoms with van der Waals surface area (Å²) < 4.78 is 32.5. The first-order valence-corrected chi connectivity index (χ1v) is 5.69. The molecule has 1 aromatic carbocycles. The summed E-state index contributed by atoms with van der Waals surface area (Å²) in [6.45, 7) is 4.02. The van der Waals surface area contributed by atoms with E-state index < -0.39 is 23.5 Å². The minimum atomic E-state index is -0.741. The fourth-order valence-electron chi connectivity index (χ4n) is 1.88. The summed E-state index contributed by atoms with van der Waals surface area (Å²) in [7, 11) is 0. The Morgan fingerprint density at radius 2 is 2.22 bits per heavy atom. The number of halogens is 2. The number of carbonyl (C=O) groups is 1. The van der Waals surface area contributed by atoms with Crippen LogP contribution >= 0.6 is 0 Å². The molecule has 1 heterocycles. The number of ketones is 1. The van der Waals surface area contributed by atoms with E-state index >= 15 is 0 Å². The van der Waals surface area contributed by atoms with E-state index in [9.17, 15) is 13.6 Å². The van der Waals surface area contributed by atoms with Crippen molar-refractivity contribution in [2.75, 3.05) is 6.54 Å². The van der Waals surface area contributed by atoms with Crippen molar-refractivity contribution in [3.05, 3.63) is 35.6 Å². The van der Waals surface area contributed by atoms with Crippen molar-refractivity contribution < 1.29 is 18.0 Å². The third-order valence-corrected chi connectivity index (χ3v) is 2.80. The first-order chi connectivity index (χ1) is 8.56. The van der Waals surface area contributed by atoms with Gasteiger partial charge in [0.05, 0.1) is 23.3 Å². The predicted molar refractivity (Wildman–Crippen MR) is 63.6 cm³/mol. The summed E-state index contributed by atoms with van der Waals surface area (Å²) in [5.74, 6) is -1.95. The minimum Gasteiger partial charge on any atom is -0.461 e. The smallest absolute Gasteiger partial charge is 0.182 e. The maximum absolute atomic E-state index is 14.1. The second-order valence-corrected chi connectivity index (χ2v) is 4.03. The van der Waals surface area contributed by atoms with Crippen LogP contribution in [0.25, 0.3) is 11.0 Å². The van der Waals surface area contributed by atoms with Gasteiger partial charge in [0.25, 0.3) is 0 Å². The number of rotatable bonds is 4. The SMILES string of the molecule is CCNC(C)C(=O)c1cc(F)c2occc2c1F. The van der Waals surface area contributed by atoms with Crippen LogP contribution in [0.5, 0.6) is 0 Å². The molecule has 2 rings (SSSR count). The highest BCUT2D eigenvalue weighted by Gasteiger charge is 2.22. The Balaban J connectivity index is 2.51. The summed E-state index contributed by atoms with van der Waals surface area (Å²) in [4.78, 5) is 12.0. The fourth-order valence-corrected chi connectivity index (χ4v) is 1.88. The number of likely N-dealkylation sites (N-methyl/N-ethyl adjacent to an activating group) is 1. The number of nitrogens with one attached hydrogen (secondary N) is 1. The van der Waals surface area contributed by atoms with Gasteiger partial charge in [0.15, 0.2) is 17.2 Å². The highest BCUT2D eigenvalue weighted by Crippen LogP contribution is 2.26. The lowest BCUT2D eigenvalue weighted by atomic mass is 10.0. The van der Waals surface area contributed by atoms with Gasteiger partial charge < -0.3 is 9.73 Å². The monoisotopic (exact) mass is 253 g/mol. The summed E-state index contributed by atoms with van der Waals surface area (Å²) in [5, 5.41) is 2.86. The van der Waals surface area contributed by atoms with Gasteiger partial charge in [-0.2, -0.15) is 0 Å². The lowest BCUT2D eigenvalue weighted by Crippen LogP contribution is -2.34. The second kappa shape index (κ2) is 4.86. The van der Waals surface area contributed by atoms with Gasteiger partial charge in [0.1, 0.15) is 5.82 Å². The third-order valence-electron chi connectivity index (χ3n) is 2.80. The van der Waals surface area contributed by atoms with E-state index in [4.69, 9.17) is 4.42 Å². The molecule has 18 heavy (non-hydrogen) atoms. The third kappa shape index (κ3) is 2.01. The number of benzene rings is 1. The molecule has 1 atom stereocenters. The quantitative estimate of drug-likeness (QED) is 0.852. The first-order valence-electron chi connectivity index (χ1n) is 5.69. The van der Waals surface area contributed by atoms with Crippen LogP contribution in [0.4, 0.5) is 8.78 Å². The lowest BCUT2D eigenvalue weighted by Gasteiger charge is -2.12. The molecule has 0 aliphatic rings. The van der Waals surface area contributed by atoms with Crippen LogP contribution in [-0.4, -0.2) is 18.4 Å². The van der Waals surface area contributed by atoms with Crippen molar-refractivity contribution in [3.8, 4) is 0 Å². The van der Waals surface area contributed by atoms with Gasteiger partial charge in [0.2, 0.25) is 0 Å². The molecule has 0 saturated heterocycles. The van der Waals surface area contributed by atoms with E-state index in [1.165, 1.54) is 12.3 Å². The molecule has 1 unspecified atom stereocenters. The number of hydrogen-bond acceptors (Lipinski definition) is 3. The van der Waals surface area contributed by atoms with Crippen molar-refractivity contribution in [2.24, 2.45) is 0 Å². The Kier molecular flexibility index (Phi) is 3.43. The normalized spacial score (nSPS) is 12.9.